The Labute approximate surface area is 218 Å². The molecule has 0 bridgehead atoms. The number of halogens is 1. The Bertz CT molecular complexity index is 972. The fourth-order valence-corrected chi connectivity index (χ4v) is 5.36. The zero-order chi connectivity index (χ0) is 27.2. The number of ether oxygens (including phenoxy) is 2. The second-order valence-corrected chi connectivity index (χ2v) is 10.7. The van der Waals surface area contributed by atoms with Gasteiger partial charge in [-0.15, -0.1) is 0 Å². The van der Waals surface area contributed by atoms with Gasteiger partial charge in [0, 0.05) is 18.7 Å². The topological polar surface area (TPSA) is 114 Å². The van der Waals surface area contributed by atoms with E-state index in [2.05, 4.69) is 24.5 Å². The largest absolute Gasteiger partial charge is 0.496 e. The summed E-state index contributed by atoms with van der Waals surface area (Å²) < 4.78 is 26.0. The van der Waals surface area contributed by atoms with E-state index in [0.29, 0.717) is 51.0 Å². The van der Waals surface area contributed by atoms with Crippen molar-refractivity contribution in [1.82, 2.24) is 10.6 Å². The van der Waals surface area contributed by atoms with E-state index in [4.69, 9.17) is 9.47 Å². The van der Waals surface area contributed by atoms with E-state index in [1.54, 1.807) is 6.92 Å². The van der Waals surface area contributed by atoms with Crippen molar-refractivity contribution in [3.63, 3.8) is 0 Å². The summed E-state index contributed by atoms with van der Waals surface area (Å²) in [5.74, 6) is -1.86. The number of aliphatic carboxylic acids is 1. The molecule has 3 rings (SSSR count). The number of benzene rings is 1. The van der Waals surface area contributed by atoms with Gasteiger partial charge in [0.05, 0.1) is 30.1 Å². The number of carboxylic acid groups (broad SMARTS) is 1. The number of carbonyl (C=O) groups excluding carboxylic acids is 2. The first kappa shape index (κ1) is 28.7. The average molecular weight is 521 g/mol. The first-order valence-electron chi connectivity index (χ1n) is 13.5. The summed E-state index contributed by atoms with van der Waals surface area (Å²) in [6.07, 6.45) is 5.69. The number of amides is 2. The van der Waals surface area contributed by atoms with Gasteiger partial charge in [-0.05, 0) is 57.4 Å². The molecule has 2 saturated carbocycles. The standard InChI is InChI=1S/C28H41FN2O6/c1-5-17(6-2)16-30-25(32)19-8-7-9-22(19)31-26(33)20-14-24(21(29)15-23(20)36-4)37-18-10-12-28(3,13-11-18)27(34)35/h14-15,17-19,22H,5-13,16H2,1-4H3,(H,30,32)(H,31,33)(H,34,35)/t18?,19-,22+,28?/m0/s1. The summed E-state index contributed by atoms with van der Waals surface area (Å²) in [5.41, 5.74) is -0.672. The fourth-order valence-electron chi connectivity index (χ4n) is 5.36. The van der Waals surface area contributed by atoms with Crippen LogP contribution < -0.4 is 20.1 Å². The molecule has 8 nitrogen and oxygen atoms in total. The van der Waals surface area contributed by atoms with E-state index in [0.717, 1.165) is 25.3 Å². The lowest BCUT2D eigenvalue weighted by molar-refractivity contribution is -0.150. The highest BCUT2D eigenvalue weighted by Crippen LogP contribution is 2.38. The second-order valence-electron chi connectivity index (χ2n) is 10.7. The van der Waals surface area contributed by atoms with Gasteiger partial charge in [-0.1, -0.05) is 33.1 Å². The summed E-state index contributed by atoms with van der Waals surface area (Å²) in [6, 6.07) is 2.15. The Hall–Kier alpha value is -2.84. The predicted molar refractivity (Wildman–Crippen MR) is 137 cm³/mol. The Balaban J connectivity index is 1.68. The van der Waals surface area contributed by atoms with Gasteiger partial charge in [-0.2, -0.15) is 0 Å². The molecule has 0 radical (unpaired) electrons. The van der Waals surface area contributed by atoms with E-state index < -0.39 is 23.1 Å². The smallest absolute Gasteiger partial charge is 0.309 e. The van der Waals surface area contributed by atoms with Gasteiger partial charge in [0.2, 0.25) is 5.91 Å². The first-order chi connectivity index (χ1) is 17.6. The van der Waals surface area contributed by atoms with Gasteiger partial charge in [-0.3, -0.25) is 14.4 Å². The van der Waals surface area contributed by atoms with Crippen molar-refractivity contribution in [3.8, 4) is 11.5 Å². The van der Waals surface area contributed by atoms with Gasteiger partial charge in [0.1, 0.15) is 5.75 Å². The van der Waals surface area contributed by atoms with Crippen LogP contribution in [-0.4, -0.2) is 48.7 Å². The van der Waals surface area contributed by atoms with Crippen LogP contribution in [0.4, 0.5) is 4.39 Å². The van der Waals surface area contributed by atoms with Crippen molar-refractivity contribution in [2.24, 2.45) is 17.3 Å². The van der Waals surface area contributed by atoms with Crippen molar-refractivity contribution < 1.29 is 33.4 Å². The van der Waals surface area contributed by atoms with Gasteiger partial charge in [0.25, 0.3) is 5.91 Å². The SMILES string of the molecule is CCC(CC)CNC(=O)[C@H]1CCC[C@H]1NC(=O)c1cc(OC2CCC(C)(C(=O)O)CC2)c(F)cc1OC. The molecule has 9 heteroatoms. The maximum atomic E-state index is 14.8. The van der Waals surface area contributed by atoms with Crippen LogP contribution in [0.15, 0.2) is 12.1 Å². The molecule has 2 aliphatic rings. The maximum absolute atomic E-state index is 14.8. The molecule has 2 aliphatic carbocycles. The maximum Gasteiger partial charge on any atom is 0.309 e. The third-order valence-corrected chi connectivity index (χ3v) is 8.23. The number of carboxylic acids is 1. The summed E-state index contributed by atoms with van der Waals surface area (Å²) in [6.45, 7) is 6.55. The van der Waals surface area contributed by atoms with Crippen LogP contribution in [0.25, 0.3) is 0 Å². The minimum Gasteiger partial charge on any atom is -0.496 e. The molecule has 2 amide bonds. The molecule has 206 valence electrons. The lowest BCUT2D eigenvalue weighted by Gasteiger charge is -2.34. The molecule has 3 N–H and O–H groups in total. The van der Waals surface area contributed by atoms with Crippen molar-refractivity contribution in [2.75, 3.05) is 13.7 Å². The van der Waals surface area contributed by atoms with Crippen LogP contribution in [0, 0.1) is 23.1 Å². The summed E-state index contributed by atoms with van der Waals surface area (Å²) >= 11 is 0. The highest BCUT2D eigenvalue weighted by atomic mass is 19.1. The predicted octanol–water partition coefficient (Wildman–Crippen LogP) is 4.70. The number of rotatable bonds is 11. The Morgan fingerprint density at radius 1 is 1.11 bits per heavy atom. The Morgan fingerprint density at radius 2 is 1.78 bits per heavy atom. The van der Waals surface area contributed by atoms with Crippen LogP contribution in [0.5, 0.6) is 11.5 Å². The van der Waals surface area contributed by atoms with E-state index in [1.807, 2.05) is 0 Å². The van der Waals surface area contributed by atoms with Gasteiger partial charge in [0.15, 0.2) is 11.6 Å². The molecule has 0 aromatic heterocycles. The third-order valence-electron chi connectivity index (χ3n) is 8.23. The molecule has 37 heavy (non-hydrogen) atoms. The van der Waals surface area contributed by atoms with E-state index in [9.17, 15) is 23.9 Å². The molecule has 0 saturated heterocycles. The molecular weight excluding hydrogens is 479 g/mol. The summed E-state index contributed by atoms with van der Waals surface area (Å²) in [4.78, 5) is 37.6. The van der Waals surface area contributed by atoms with Crippen molar-refractivity contribution in [2.45, 2.75) is 90.7 Å². The lowest BCUT2D eigenvalue weighted by Crippen LogP contribution is -2.45. The average Bonchev–Trinajstić information content (AvgIpc) is 3.34. The summed E-state index contributed by atoms with van der Waals surface area (Å²) in [7, 11) is 1.36. The zero-order valence-electron chi connectivity index (χ0n) is 22.4. The molecule has 2 fully saturated rings. The zero-order valence-corrected chi connectivity index (χ0v) is 22.4. The Morgan fingerprint density at radius 3 is 2.38 bits per heavy atom. The highest BCUT2D eigenvalue weighted by Gasteiger charge is 2.39. The second kappa shape index (κ2) is 12.6. The molecular formula is C28H41FN2O6. The van der Waals surface area contributed by atoms with E-state index in [1.165, 1.54) is 13.2 Å². The molecule has 2 atom stereocenters. The highest BCUT2D eigenvalue weighted by molar-refractivity contribution is 5.98. The first-order valence-corrected chi connectivity index (χ1v) is 13.5. The minimum atomic E-state index is -0.838. The van der Waals surface area contributed by atoms with Gasteiger partial charge < -0.3 is 25.2 Å². The normalized spacial score (nSPS) is 25.5. The van der Waals surface area contributed by atoms with Crippen LogP contribution in [0.1, 0.15) is 88.9 Å². The number of hydrogen-bond acceptors (Lipinski definition) is 5. The molecule has 1 aromatic carbocycles. The van der Waals surface area contributed by atoms with Crippen LogP contribution in [0.3, 0.4) is 0 Å². The molecule has 1 aromatic rings. The molecule has 0 spiro atoms. The minimum absolute atomic E-state index is 0.0459. The number of nitrogens with one attached hydrogen (secondary N) is 2. The van der Waals surface area contributed by atoms with E-state index >= 15 is 0 Å². The molecule has 0 heterocycles. The van der Waals surface area contributed by atoms with Crippen molar-refractivity contribution >= 4 is 17.8 Å². The van der Waals surface area contributed by atoms with Gasteiger partial charge in [-0.25, -0.2) is 4.39 Å². The summed E-state index contributed by atoms with van der Waals surface area (Å²) in [5, 5.41) is 15.4. The van der Waals surface area contributed by atoms with E-state index in [-0.39, 0.29) is 41.0 Å². The number of methoxy groups -OCH3 is 1. The quantitative estimate of drug-likeness (QED) is 0.390. The fraction of sp³-hybridized carbons (Fsp3) is 0.679. The molecule has 0 aliphatic heterocycles. The lowest BCUT2D eigenvalue weighted by atomic mass is 9.75. The number of carbonyl (C=O) groups is 3. The monoisotopic (exact) mass is 520 g/mol. The molecule has 0 unspecified atom stereocenters. The van der Waals surface area contributed by atoms with Gasteiger partial charge >= 0.3 is 5.97 Å². The van der Waals surface area contributed by atoms with Crippen molar-refractivity contribution in [3.05, 3.63) is 23.5 Å². The van der Waals surface area contributed by atoms with Crippen LogP contribution in [0.2, 0.25) is 0 Å². The van der Waals surface area contributed by atoms with Crippen molar-refractivity contribution in [1.29, 1.82) is 0 Å². The third kappa shape index (κ3) is 6.93. The van der Waals surface area contributed by atoms with Crippen LogP contribution in [-0.2, 0) is 9.59 Å². The number of hydrogen-bond donors (Lipinski definition) is 3. The van der Waals surface area contributed by atoms with Crippen LogP contribution >= 0.6 is 0 Å². The Kier molecular flexibility index (Phi) is 9.79.